The molecule has 5 nitrogen and oxygen atoms in total. The predicted molar refractivity (Wildman–Crippen MR) is 99.0 cm³/mol. The van der Waals surface area contributed by atoms with Gasteiger partial charge in [0.05, 0.1) is 6.61 Å². The molecule has 2 N–H and O–H groups in total. The molecule has 2 amide bonds. The molecule has 0 radical (unpaired) electrons. The number of aryl methyl sites for hydroxylation is 1. The minimum absolute atomic E-state index is 0.0387. The van der Waals surface area contributed by atoms with Crippen molar-refractivity contribution >= 4 is 17.5 Å². The van der Waals surface area contributed by atoms with Crippen LogP contribution in [0.4, 0.5) is 5.69 Å². The number of anilines is 1. The van der Waals surface area contributed by atoms with Gasteiger partial charge in [-0.3, -0.25) is 9.59 Å². The molecule has 2 rings (SSSR count). The molecule has 0 spiro atoms. The fourth-order valence-corrected chi connectivity index (χ4v) is 2.36. The smallest absolute Gasteiger partial charge is 0.251 e. The van der Waals surface area contributed by atoms with Gasteiger partial charge >= 0.3 is 0 Å². The summed E-state index contributed by atoms with van der Waals surface area (Å²) in [6.45, 7) is 2.62. The first kappa shape index (κ1) is 18.5. The van der Waals surface area contributed by atoms with Gasteiger partial charge in [0.25, 0.3) is 5.91 Å². The Hall–Kier alpha value is -2.82. The number of benzene rings is 2. The topological polar surface area (TPSA) is 67.4 Å². The Kier molecular flexibility index (Phi) is 7.01. The Morgan fingerprint density at radius 2 is 1.80 bits per heavy atom. The van der Waals surface area contributed by atoms with Crippen LogP contribution in [0, 0.1) is 6.92 Å². The highest BCUT2D eigenvalue weighted by Gasteiger charge is 2.05. The van der Waals surface area contributed by atoms with Crippen molar-refractivity contribution in [1.82, 2.24) is 5.32 Å². The van der Waals surface area contributed by atoms with E-state index >= 15 is 0 Å². The fraction of sp³-hybridized carbons (Fsp3) is 0.300. The van der Waals surface area contributed by atoms with Gasteiger partial charge in [-0.1, -0.05) is 12.1 Å². The molecular weight excluding hydrogens is 316 g/mol. The quantitative estimate of drug-likeness (QED) is 0.722. The molecule has 5 heteroatoms. The van der Waals surface area contributed by atoms with Crippen molar-refractivity contribution in [2.75, 3.05) is 19.0 Å². The van der Waals surface area contributed by atoms with Crippen LogP contribution in [-0.4, -0.2) is 25.5 Å². The highest BCUT2D eigenvalue weighted by atomic mass is 16.5. The number of ether oxygens (including phenoxy) is 1. The zero-order valence-electron chi connectivity index (χ0n) is 14.7. The number of amides is 2. The van der Waals surface area contributed by atoms with Gasteiger partial charge in [0.15, 0.2) is 0 Å². The molecule has 2 aromatic rings. The third kappa shape index (κ3) is 6.30. The van der Waals surface area contributed by atoms with Gasteiger partial charge in [0.2, 0.25) is 5.91 Å². The molecule has 0 bridgehead atoms. The number of hydrogen-bond acceptors (Lipinski definition) is 3. The Labute approximate surface area is 148 Å². The van der Waals surface area contributed by atoms with E-state index in [1.165, 1.54) is 5.56 Å². The van der Waals surface area contributed by atoms with E-state index in [2.05, 4.69) is 10.6 Å². The maximum absolute atomic E-state index is 11.9. The van der Waals surface area contributed by atoms with Crippen molar-refractivity contribution in [3.63, 3.8) is 0 Å². The molecule has 0 aliphatic heterocycles. The molecular formula is C20H24N2O3. The van der Waals surface area contributed by atoms with Crippen LogP contribution in [0.15, 0.2) is 48.5 Å². The number of hydrogen-bond donors (Lipinski definition) is 2. The highest BCUT2D eigenvalue weighted by molar-refractivity contribution is 5.95. The minimum Gasteiger partial charge on any atom is -0.494 e. The molecule has 0 saturated heterocycles. The van der Waals surface area contributed by atoms with E-state index in [1.54, 1.807) is 31.3 Å². The average Bonchev–Trinajstić information content (AvgIpc) is 2.61. The largest absolute Gasteiger partial charge is 0.494 e. The van der Waals surface area contributed by atoms with Crippen molar-refractivity contribution in [3.05, 3.63) is 59.7 Å². The molecule has 132 valence electrons. The molecule has 0 aromatic heterocycles. The van der Waals surface area contributed by atoms with Crippen LogP contribution in [0.3, 0.4) is 0 Å². The van der Waals surface area contributed by atoms with Crippen LogP contribution < -0.4 is 15.4 Å². The van der Waals surface area contributed by atoms with E-state index < -0.39 is 0 Å². The first-order chi connectivity index (χ1) is 12.1. The number of unbranched alkanes of at least 4 members (excludes halogenated alkanes) is 1. The number of nitrogens with one attached hydrogen (secondary N) is 2. The van der Waals surface area contributed by atoms with Crippen LogP contribution in [0.25, 0.3) is 0 Å². The van der Waals surface area contributed by atoms with E-state index in [4.69, 9.17) is 4.74 Å². The van der Waals surface area contributed by atoms with Crippen LogP contribution in [-0.2, 0) is 4.79 Å². The van der Waals surface area contributed by atoms with Gasteiger partial charge in [-0.05, 0) is 61.7 Å². The number of rotatable bonds is 8. The van der Waals surface area contributed by atoms with Crippen molar-refractivity contribution in [2.24, 2.45) is 0 Å². The Morgan fingerprint density at radius 1 is 1.04 bits per heavy atom. The minimum atomic E-state index is -0.147. The molecule has 0 unspecified atom stereocenters. The van der Waals surface area contributed by atoms with E-state index in [9.17, 15) is 9.59 Å². The molecule has 0 heterocycles. The number of carbonyl (C=O) groups excluding carboxylic acids is 2. The van der Waals surface area contributed by atoms with Crippen molar-refractivity contribution in [1.29, 1.82) is 0 Å². The van der Waals surface area contributed by atoms with Crippen LogP contribution in [0.2, 0.25) is 0 Å². The predicted octanol–water partition coefficient (Wildman–Crippen LogP) is 3.54. The van der Waals surface area contributed by atoms with Gasteiger partial charge in [0.1, 0.15) is 5.75 Å². The van der Waals surface area contributed by atoms with E-state index in [1.807, 2.05) is 31.2 Å². The summed E-state index contributed by atoms with van der Waals surface area (Å²) in [4.78, 5) is 23.4. The maximum atomic E-state index is 11.9. The normalized spacial score (nSPS) is 10.2. The van der Waals surface area contributed by atoms with Gasteiger partial charge in [-0.25, -0.2) is 0 Å². The second-order valence-electron chi connectivity index (χ2n) is 5.83. The molecule has 2 aromatic carbocycles. The zero-order chi connectivity index (χ0) is 18.1. The van der Waals surface area contributed by atoms with Gasteiger partial charge in [0, 0.05) is 24.7 Å². The van der Waals surface area contributed by atoms with Crippen molar-refractivity contribution < 1.29 is 14.3 Å². The third-order valence-corrected chi connectivity index (χ3v) is 3.71. The first-order valence-corrected chi connectivity index (χ1v) is 8.40. The van der Waals surface area contributed by atoms with Crippen molar-refractivity contribution in [3.8, 4) is 5.75 Å². The molecule has 0 aliphatic rings. The summed E-state index contributed by atoms with van der Waals surface area (Å²) >= 11 is 0. The van der Waals surface area contributed by atoms with Gasteiger partial charge < -0.3 is 15.4 Å². The fourth-order valence-electron chi connectivity index (χ4n) is 2.36. The lowest BCUT2D eigenvalue weighted by molar-refractivity contribution is -0.116. The Balaban J connectivity index is 1.66. The zero-order valence-corrected chi connectivity index (χ0v) is 14.7. The molecule has 0 aliphatic carbocycles. The van der Waals surface area contributed by atoms with Crippen LogP contribution in [0.5, 0.6) is 5.75 Å². The second kappa shape index (κ2) is 9.47. The first-order valence-electron chi connectivity index (χ1n) is 8.40. The number of carbonyl (C=O) groups is 2. The summed E-state index contributed by atoms with van der Waals surface area (Å²) in [6, 6.07) is 14.7. The average molecular weight is 340 g/mol. The lowest BCUT2D eigenvalue weighted by atomic mass is 10.2. The van der Waals surface area contributed by atoms with Crippen LogP contribution in [0.1, 0.15) is 35.2 Å². The summed E-state index contributed by atoms with van der Waals surface area (Å²) in [6.07, 6.45) is 2.01. The summed E-state index contributed by atoms with van der Waals surface area (Å²) in [7, 11) is 1.58. The lowest BCUT2D eigenvalue weighted by Gasteiger charge is -2.08. The van der Waals surface area contributed by atoms with Gasteiger partial charge in [-0.2, -0.15) is 0 Å². The van der Waals surface area contributed by atoms with E-state index in [0.717, 1.165) is 18.6 Å². The summed E-state index contributed by atoms with van der Waals surface area (Å²) in [5.41, 5.74) is 2.42. The molecule has 25 heavy (non-hydrogen) atoms. The standard InChI is InChI=1S/C20H24N2O3/c1-15-6-5-7-18(14-15)25-13-4-3-8-19(23)22-17-11-9-16(10-12-17)20(24)21-2/h5-7,9-12,14H,3-4,8,13H2,1-2H3,(H,21,24)(H,22,23). The van der Waals surface area contributed by atoms with Crippen molar-refractivity contribution in [2.45, 2.75) is 26.2 Å². The summed E-state index contributed by atoms with van der Waals surface area (Å²) < 4.78 is 5.66. The summed E-state index contributed by atoms with van der Waals surface area (Å²) in [5.74, 6) is 0.676. The second-order valence-corrected chi connectivity index (χ2v) is 5.83. The maximum Gasteiger partial charge on any atom is 0.251 e. The molecule has 0 saturated carbocycles. The SMILES string of the molecule is CNC(=O)c1ccc(NC(=O)CCCCOc2cccc(C)c2)cc1. The van der Waals surface area contributed by atoms with E-state index in [-0.39, 0.29) is 11.8 Å². The van der Waals surface area contributed by atoms with Gasteiger partial charge in [-0.15, -0.1) is 0 Å². The highest BCUT2D eigenvalue weighted by Crippen LogP contribution is 2.13. The molecule has 0 fully saturated rings. The molecule has 0 atom stereocenters. The monoisotopic (exact) mass is 340 g/mol. The third-order valence-electron chi connectivity index (χ3n) is 3.71. The van der Waals surface area contributed by atoms with Crippen LogP contribution >= 0.6 is 0 Å². The van der Waals surface area contributed by atoms with E-state index in [0.29, 0.717) is 24.3 Å². The Bertz CT molecular complexity index is 711. The lowest BCUT2D eigenvalue weighted by Crippen LogP contribution is -2.17. The Morgan fingerprint density at radius 3 is 2.48 bits per heavy atom. The summed E-state index contributed by atoms with van der Waals surface area (Å²) in [5, 5.41) is 5.39.